The minimum Gasteiger partial charge on any atom is -0.0619 e. The lowest BCUT2D eigenvalue weighted by atomic mass is 9.79. The molecule has 228 valence electrons. The van der Waals surface area contributed by atoms with Crippen LogP contribution in [-0.2, 0) is 5.41 Å². The summed E-state index contributed by atoms with van der Waals surface area (Å²) in [6.45, 7) is 4.78. The van der Waals surface area contributed by atoms with Crippen LogP contribution in [0.5, 0.6) is 0 Å². The topological polar surface area (TPSA) is 0 Å². The molecule has 0 heterocycles. The molecule has 0 aliphatic heterocycles. The van der Waals surface area contributed by atoms with Crippen molar-refractivity contribution in [2.45, 2.75) is 19.3 Å². The second-order valence-corrected chi connectivity index (χ2v) is 14.4. The molecule has 11 rings (SSSR count). The molecule has 49 heavy (non-hydrogen) atoms. The fourth-order valence-corrected chi connectivity index (χ4v) is 9.27. The fourth-order valence-electron chi connectivity index (χ4n) is 9.27. The summed E-state index contributed by atoms with van der Waals surface area (Å²) in [5, 5.41) is 15.7. The van der Waals surface area contributed by atoms with Crippen molar-refractivity contribution in [1.29, 1.82) is 0 Å². The quantitative estimate of drug-likeness (QED) is 0.133. The minimum absolute atomic E-state index is 0.0976. The van der Waals surface area contributed by atoms with Crippen molar-refractivity contribution in [1.82, 2.24) is 0 Å². The smallest absolute Gasteiger partial charge is 0.0159 e. The molecule has 1 aliphatic rings. The van der Waals surface area contributed by atoms with Crippen molar-refractivity contribution in [3.05, 3.63) is 169 Å². The van der Waals surface area contributed by atoms with Gasteiger partial charge in [0.1, 0.15) is 0 Å². The molecule has 0 radical (unpaired) electrons. The summed E-state index contributed by atoms with van der Waals surface area (Å²) in [4.78, 5) is 0. The molecule has 0 heteroatoms. The van der Waals surface area contributed by atoms with E-state index >= 15 is 0 Å². The number of fused-ring (bicyclic) bond motifs is 6. The van der Waals surface area contributed by atoms with Crippen molar-refractivity contribution < 1.29 is 0 Å². The van der Waals surface area contributed by atoms with Crippen LogP contribution in [0.2, 0.25) is 0 Å². The first kappa shape index (κ1) is 27.0. The number of benzene rings is 10. The highest BCUT2D eigenvalue weighted by molar-refractivity contribution is 6.30. The van der Waals surface area contributed by atoms with E-state index in [1.54, 1.807) is 0 Å². The van der Waals surface area contributed by atoms with E-state index in [2.05, 4.69) is 172 Å². The van der Waals surface area contributed by atoms with E-state index in [4.69, 9.17) is 0 Å². The maximum atomic E-state index is 2.54. The van der Waals surface area contributed by atoms with Gasteiger partial charge in [0.25, 0.3) is 0 Å². The fraction of sp³-hybridized carbons (Fsp3) is 0.0612. The van der Waals surface area contributed by atoms with Crippen LogP contribution in [-0.4, -0.2) is 0 Å². The lowest BCUT2D eigenvalue weighted by Crippen LogP contribution is -2.14. The Bertz CT molecular complexity index is 2990. The van der Waals surface area contributed by atoms with Gasteiger partial charge >= 0.3 is 0 Å². The monoisotopic (exact) mass is 620 g/mol. The van der Waals surface area contributed by atoms with Crippen LogP contribution in [0.1, 0.15) is 25.0 Å². The van der Waals surface area contributed by atoms with Crippen LogP contribution in [0.3, 0.4) is 0 Å². The van der Waals surface area contributed by atoms with Gasteiger partial charge in [-0.15, -0.1) is 0 Å². The van der Waals surface area contributed by atoms with Crippen LogP contribution in [0.4, 0.5) is 0 Å². The normalized spacial score (nSPS) is 13.7. The second kappa shape index (κ2) is 9.56. The van der Waals surface area contributed by atoms with Crippen LogP contribution in [0.15, 0.2) is 158 Å². The Labute approximate surface area is 285 Å². The van der Waals surface area contributed by atoms with Crippen molar-refractivity contribution in [3.63, 3.8) is 0 Å². The first-order valence-electron chi connectivity index (χ1n) is 17.4. The van der Waals surface area contributed by atoms with Crippen molar-refractivity contribution in [3.8, 4) is 33.4 Å². The van der Waals surface area contributed by atoms with Crippen molar-refractivity contribution in [2.75, 3.05) is 0 Å². The van der Waals surface area contributed by atoms with Crippen LogP contribution in [0, 0.1) is 0 Å². The molecule has 10 aromatic carbocycles. The lowest BCUT2D eigenvalue weighted by Gasteiger charge is -2.24. The summed E-state index contributed by atoms with van der Waals surface area (Å²) < 4.78 is 0. The third kappa shape index (κ3) is 3.58. The van der Waals surface area contributed by atoms with E-state index < -0.39 is 0 Å². The van der Waals surface area contributed by atoms with E-state index in [0.717, 1.165) is 0 Å². The Morgan fingerprint density at radius 1 is 0.327 bits per heavy atom. The Balaban J connectivity index is 1.35. The summed E-state index contributed by atoms with van der Waals surface area (Å²) in [6, 6.07) is 59.6. The molecule has 0 spiro atoms. The van der Waals surface area contributed by atoms with E-state index in [0.29, 0.717) is 0 Å². The Morgan fingerprint density at radius 2 is 0.939 bits per heavy atom. The van der Waals surface area contributed by atoms with Crippen LogP contribution >= 0.6 is 0 Å². The van der Waals surface area contributed by atoms with Crippen molar-refractivity contribution in [2.24, 2.45) is 0 Å². The standard InChI is InChI=1S/C49H32/c1-49(2)43-17-8-7-14-35(43)40-27-41-42(28-44(40)49)46(34-21-18-29-10-3-4-11-33(29)26-34)36-15-5-6-16-37(36)48(41)39-25-23-32-20-19-30-12-9-13-31-22-24-38(39)47(32)45(30)31/h3-28H,1-2H3. The van der Waals surface area contributed by atoms with E-state index in [9.17, 15) is 0 Å². The third-order valence-corrected chi connectivity index (χ3v) is 11.6. The van der Waals surface area contributed by atoms with Gasteiger partial charge in [-0.25, -0.2) is 0 Å². The molecule has 0 nitrogen and oxygen atoms in total. The number of rotatable bonds is 2. The molecule has 0 bridgehead atoms. The SMILES string of the molecule is CC1(C)c2ccccc2-c2cc3c(-c4ccc5ccc6cccc7ccc4c5c67)c4ccccc4c(-c4ccc5ccccc5c4)c3cc21. The second-order valence-electron chi connectivity index (χ2n) is 14.4. The van der Waals surface area contributed by atoms with E-state index in [1.165, 1.54) is 109 Å². The molecule has 1 aliphatic carbocycles. The average molecular weight is 621 g/mol. The molecule has 0 unspecified atom stereocenters. The summed E-state index contributed by atoms with van der Waals surface area (Å²) in [5.74, 6) is 0. The van der Waals surface area contributed by atoms with Crippen molar-refractivity contribution >= 4 is 64.6 Å². The largest absolute Gasteiger partial charge is 0.0619 e. The average Bonchev–Trinajstić information content (AvgIpc) is 3.37. The van der Waals surface area contributed by atoms with Gasteiger partial charge < -0.3 is 0 Å². The van der Waals surface area contributed by atoms with Gasteiger partial charge in [0.15, 0.2) is 0 Å². The summed E-state index contributed by atoms with van der Waals surface area (Å²) in [7, 11) is 0. The van der Waals surface area contributed by atoms with Gasteiger partial charge in [0.05, 0.1) is 0 Å². The molecular weight excluding hydrogens is 589 g/mol. The molecule has 0 saturated heterocycles. The molecular formula is C49H32. The molecule has 10 aromatic rings. The third-order valence-electron chi connectivity index (χ3n) is 11.6. The first-order chi connectivity index (χ1) is 24.1. The summed E-state index contributed by atoms with van der Waals surface area (Å²) >= 11 is 0. The first-order valence-corrected chi connectivity index (χ1v) is 17.4. The summed E-state index contributed by atoms with van der Waals surface area (Å²) in [6.07, 6.45) is 0. The van der Waals surface area contributed by atoms with Gasteiger partial charge in [0, 0.05) is 5.41 Å². The van der Waals surface area contributed by atoms with Gasteiger partial charge in [-0.3, -0.25) is 0 Å². The highest BCUT2D eigenvalue weighted by Gasteiger charge is 2.36. The molecule has 0 amide bonds. The zero-order valence-corrected chi connectivity index (χ0v) is 27.5. The molecule has 0 aromatic heterocycles. The van der Waals surface area contributed by atoms with Gasteiger partial charge in [-0.1, -0.05) is 153 Å². The van der Waals surface area contributed by atoms with Crippen LogP contribution in [0.25, 0.3) is 98.0 Å². The predicted molar refractivity (Wildman–Crippen MR) is 211 cm³/mol. The van der Waals surface area contributed by atoms with Gasteiger partial charge in [-0.2, -0.15) is 0 Å². The number of hydrogen-bond acceptors (Lipinski definition) is 0. The van der Waals surface area contributed by atoms with E-state index in [-0.39, 0.29) is 5.41 Å². The minimum atomic E-state index is -0.0976. The molecule has 0 atom stereocenters. The Morgan fingerprint density at radius 3 is 1.78 bits per heavy atom. The van der Waals surface area contributed by atoms with Gasteiger partial charge in [-0.05, 0) is 127 Å². The Kier molecular flexibility index (Phi) is 5.27. The molecule has 0 N–H and O–H groups in total. The highest BCUT2D eigenvalue weighted by atomic mass is 14.4. The van der Waals surface area contributed by atoms with Gasteiger partial charge in [0.2, 0.25) is 0 Å². The maximum absolute atomic E-state index is 2.54. The van der Waals surface area contributed by atoms with E-state index in [1.807, 2.05) is 0 Å². The number of hydrogen-bond donors (Lipinski definition) is 0. The maximum Gasteiger partial charge on any atom is 0.0159 e. The molecule has 0 fully saturated rings. The lowest BCUT2D eigenvalue weighted by molar-refractivity contribution is 0.661. The van der Waals surface area contributed by atoms with Crippen LogP contribution < -0.4 is 0 Å². The predicted octanol–water partition coefficient (Wildman–Crippen LogP) is 13.7. The zero-order chi connectivity index (χ0) is 32.4. The Hall–Kier alpha value is -5.98. The zero-order valence-electron chi connectivity index (χ0n) is 27.5. The highest BCUT2D eigenvalue weighted by Crippen LogP contribution is 2.54. The molecule has 0 saturated carbocycles. The summed E-state index contributed by atoms with van der Waals surface area (Å²) in [5.41, 5.74) is 10.6.